The minimum Gasteiger partial charge on any atom is -0.475 e. The van der Waals surface area contributed by atoms with Crippen LogP contribution in [0.25, 0.3) is 0 Å². The third-order valence-corrected chi connectivity index (χ3v) is 8.63. The van der Waals surface area contributed by atoms with Crippen LogP contribution in [0.4, 0.5) is 24.7 Å². The van der Waals surface area contributed by atoms with E-state index in [1.165, 1.54) is 6.20 Å². The van der Waals surface area contributed by atoms with Gasteiger partial charge in [0, 0.05) is 38.8 Å². The number of alkyl halides is 3. The Morgan fingerprint density at radius 2 is 1.63 bits per heavy atom. The van der Waals surface area contributed by atoms with E-state index in [0.29, 0.717) is 34.7 Å². The number of pyridine rings is 1. The number of aryl methyl sites for hydroxylation is 3. The highest BCUT2D eigenvalue weighted by Crippen LogP contribution is 2.29. The fourth-order valence-electron chi connectivity index (χ4n) is 5.15. The lowest BCUT2D eigenvalue weighted by Gasteiger charge is -2.35. The van der Waals surface area contributed by atoms with Gasteiger partial charge in [-0.1, -0.05) is 17.7 Å². The SMILES string of the molecule is Cc1cc(C)c(S(=O)(=O)Nc2cnc(N3CCNCC3)c(C(=O)N3CCCCC3C)c2)c(C)c1.O=C(O)C(F)(F)F. The van der Waals surface area contributed by atoms with Crippen LogP contribution >= 0.6 is 0 Å². The molecule has 2 aliphatic rings. The zero-order valence-corrected chi connectivity index (χ0v) is 24.3. The lowest BCUT2D eigenvalue weighted by molar-refractivity contribution is -0.192. The molecule has 0 aliphatic carbocycles. The molecular weight excluding hydrogens is 563 g/mol. The van der Waals surface area contributed by atoms with Gasteiger partial charge in [-0.15, -0.1) is 0 Å². The van der Waals surface area contributed by atoms with Gasteiger partial charge < -0.3 is 20.2 Å². The number of sulfonamides is 1. The standard InChI is InChI=1S/C25H35N5O3S.C2HF3O2/c1-17-13-18(2)23(19(3)14-17)34(32,33)28-21-15-22(25(31)30-10-6-5-7-20(30)4)24(27-16-21)29-11-8-26-9-12-29;3-2(4,5)1(6)7/h13-16,20,26,28H,5-12H2,1-4H3;(H,6,7). The van der Waals surface area contributed by atoms with Crippen molar-refractivity contribution >= 4 is 33.4 Å². The fourth-order valence-corrected chi connectivity index (χ4v) is 6.64. The van der Waals surface area contributed by atoms with Crippen molar-refractivity contribution in [3.05, 3.63) is 46.6 Å². The third-order valence-electron chi connectivity index (χ3n) is 6.95. The molecule has 1 amide bonds. The summed E-state index contributed by atoms with van der Waals surface area (Å²) in [5.74, 6) is -2.22. The first-order valence-electron chi connectivity index (χ1n) is 13.3. The van der Waals surface area contributed by atoms with Crippen LogP contribution in [0.1, 0.15) is 53.2 Å². The molecule has 1 unspecified atom stereocenters. The maximum absolute atomic E-state index is 13.7. The molecule has 10 nitrogen and oxygen atoms in total. The number of piperidine rings is 1. The van der Waals surface area contributed by atoms with E-state index in [4.69, 9.17) is 9.90 Å². The quantitative estimate of drug-likeness (QED) is 0.472. The lowest BCUT2D eigenvalue weighted by Crippen LogP contribution is -2.46. The number of piperazine rings is 1. The number of anilines is 2. The smallest absolute Gasteiger partial charge is 0.475 e. The van der Waals surface area contributed by atoms with E-state index in [2.05, 4.69) is 26.8 Å². The Morgan fingerprint density at radius 3 is 2.17 bits per heavy atom. The van der Waals surface area contributed by atoms with Gasteiger partial charge in [-0.05, 0) is 64.2 Å². The number of benzene rings is 1. The number of rotatable bonds is 5. The van der Waals surface area contributed by atoms with Crippen LogP contribution in [0.5, 0.6) is 0 Å². The van der Waals surface area contributed by atoms with Crippen molar-refractivity contribution in [3.8, 4) is 0 Å². The van der Waals surface area contributed by atoms with Crippen molar-refractivity contribution < 1.29 is 36.3 Å². The van der Waals surface area contributed by atoms with Crippen LogP contribution in [0.3, 0.4) is 0 Å². The Kier molecular flexibility index (Phi) is 10.2. The average molecular weight is 600 g/mol. The molecule has 0 radical (unpaired) electrons. The zero-order valence-electron chi connectivity index (χ0n) is 23.5. The first kappa shape index (κ1) is 32.1. The first-order chi connectivity index (χ1) is 19.1. The summed E-state index contributed by atoms with van der Waals surface area (Å²) >= 11 is 0. The molecular formula is C27H36F3N5O5S. The van der Waals surface area contributed by atoms with E-state index in [1.54, 1.807) is 19.9 Å². The summed E-state index contributed by atoms with van der Waals surface area (Å²) in [5, 5.41) is 10.4. The molecule has 14 heteroatoms. The molecule has 2 aromatic rings. The van der Waals surface area contributed by atoms with Crippen molar-refractivity contribution in [3.63, 3.8) is 0 Å². The molecule has 0 saturated carbocycles. The van der Waals surface area contributed by atoms with Crippen LogP contribution in [0.2, 0.25) is 0 Å². The number of nitrogens with one attached hydrogen (secondary N) is 2. The fraction of sp³-hybridized carbons (Fsp3) is 0.519. The number of aromatic nitrogens is 1. The molecule has 41 heavy (non-hydrogen) atoms. The maximum atomic E-state index is 13.7. The molecule has 2 aliphatic heterocycles. The van der Waals surface area contributed by atoms with E-state index < -0.39 is 22.2 Å². The van der Waals surface area contributed by atoms with Crippen LogP contribution in [-0.4, -0.2) is 80.2 Å². The number of carbonyl (C=O) groups excluding carboxylic acids is 1. The molecule has 1 atom stereocenters. The summed E-state index contributed by atoms with van der Waals surface area (Å²) in [4.78, 5) is 31.4. The molecule has 3 heterocycles. The number of aliphatic carboxylic acids is 1. The van der Waals surface area contributed by atoms with Crippen LogP contribution in [-0.2, 0) is 14.8 Å². The molecule has 226 valence electrons. The molecule has 0 spiro atoms. The summed E-state index contributed by atoms with van der Waals surface area (Å²) in [6.45, 7) is 11.4. The van der Waals surface area contributed by atoms with Crippen molar-refractivity contribution in [1.29, 1.82) is 0 Å². The predicted octanol–water partition coefficient (Wildman–Crippen LogP) is 3.87. The molecule has 1 aromatic heterocycles. The zero-order chi connectivity index (χ0) is 30.5. The number of hydrogen-bond acceptors (Lipinski definition) is 7. The highest BCUT2D eigenvalue weighted by molar-refractivity contribution is 7.92. The topological polar surface area (TPSA) is 132 Å². The molecule has 0 bridgehead atoms. The second kappa shape index (κ2) is 13.1. The number of halogens is 3. The van der Waals surface area contributed by atoms with Gasteiger partial charge in [-0.3, -0.25) is 9.52 Å². The minimum atomic E-state index is -5.08. The highest BCUT2D eigenvalue weighted by Gasteiger charge is 2.38. The predicted molar refractivity (Wildman–Crippen MR) is 149 cm³/mol. The Morgan fingerprint density at radius 1 is 1.05 bits per heavy atom. The van der Waals surface area contributed by atoms with Crippen LogP contribution in [0.15, 0.2) is 29.3 Å². The molecule has 2 fully saturated rings. The summed E-state index contributed by atoms with van der Waals surface area (Å²) < 4.78 is 61.1. The van der Waals surface area contributed by atoms with Crippen molar-refractivity contribution in [2.24, 2.45) is 0 Å². The van der Waals surface area contributed by atoms with Gasteiger partial charge in [-0.25, -0.2) is 18.2 Å². The number of hydrogen-bond donors (Lipinski definition) is 3. The average Bonchev–Trinajstić information content (AvgIpc) is 2.88. The number of carboxylic acids is 1. The van der Waals surface area contributed by atoms with Gasteiger partial charge in [0.05, 0.1) is 22.3 Å². The van der Waals surface area contributed by atoms with Crippen molar-refractivity contribution in [1.82, 2.24) is 15.2 Å². The number of nitrogens with zero attached hydrogens (tertiary/aromatic N) is 3. The van der Waals surface area contributed by atoms with Gasteiger partial charge in [-0.2, -0.15) is 13.2 Å². The maximum Gasteiger partial charge on any atom is 0.490 e. The second-order valence-electron chi connectivity index (χ2n) is 10.3. The van der Waals surface area contributed by atoms with Gasteiger partial charge in [0.25, 0.3) is 15.9 Å². The lowest BCUT2D eigenvalue weighted by atomic mass is 10.0. The normalized spacial score (nSPS) is 17.9. The Balaban J connectivity index is 0.000000587. The summed E-state index contributed by atoms with van der Waals surface area (Å²) in [6, 6.07) is 5.53. The Labute approximate surface area is 238 Å². The molecule has 3 N–H and O–H groups in total. The van der Waals surface area contributed by atoms with Gasteiger partial charge in [0.1, 0.15) is 5.82 Å². The highest BCUT2D eigenvalue weighted by atomic mass is 32.2. The van der Waals surface area contributed by atoms with E-state index >= 15 is 0 Å². The summed E-state index contributed by atoms with van der Waals surface area (Å²) in [6.07, 6.45) is -0.502. The first-order valence-corrected chi connectivity index (χ1v) is 14.8. The monoisotopic (exact) mass is 599 g/mol. The van der Waals surface area contributed by atoms with E-state index in [0.717, 1.165) is 51.0 Å². The van der Waals surface area contributed by atoms with Crippen molar-refractivity contribution in [2.75, 3.05) is 42.3 Å². The van der Waals surface area contributed by atoms with Crippen LogP contribution < -0.4 is 14.9 Å². The number of amides is 1. The molecule has 4 rings (SSSR count). The largest absolute Gasteiger partial charge is 0.490 e. The number of likely N-dealkylation sites (tertiary alicyclic amines) is 1. The van der Waals surface area contributed by atoms with Crippen LogP contribution in [0, 0.1) is 20.8 Å². The summed E-state index contributed by atoms with van der Waals surface area (Å²) in [5.41, 5.74) is 3.14. The minimum absolute atomic E-state index is 0.0861. The van der Waals surface area contributed by atoms with Gasteiger partial charge in [0.15, 0.2) is 0 Å². The van der Waals surface area contributed by atoms with E-state index in [-0.39, 0.29) is 16.8 Å². The van der Waals surface area contributed by atoms with E-state index in [1.807, 2.05) is 24.0 Å². The molecule has 2 saturated heterocycles. The second-order valence-corrected chi connectivity index (χ2v) is 11.9. The van der Waals surface area contributed by atoms with Crippen molar-refractivity contribution in [2.45, 2.75) is 64.1 Å². The van der Waals surface area contributed by atoms with E-state index in [9.17, 15) is 26.4 Å². The number of carbonyl (C=O) groups is 2. The Hall–Kier alpha value is -3.39. The Bertz CT molecular complexity index is 1350. The number of carboxylic acid groups (broad SMARTS) is 1. The summed E-state index contributed by atoms with van der Waals surface area (Å²) in [7, 11) is -3.85. The van der Waals surface area contributed by atoms with Gasteiger partial charge >= 0.3 is 12.1 Å². The third kappa shape index (κ3) is 8.09. The molecule has 1 aromatic carbocycles. The van der Waals surface area contributed by atoms with Gasteiger partial charge in [0.2, 0.25) is 0 Å².